The summed E-state index contributed by atoms with van der Waals surface area (Å²) in [6.07, 6.45) is 24.3. The standard InChI is InChI=1S/2C27H33.2CH3.Si.Zr/c2*1-17-11-19-13-18-9-8-10-23(18)25(24(19)12-17)20-14-21(26(2,3)4)16-22(15-20)27(5,6)7;;;;/h2*12-16,25H,8-10H2,1-7H3;2*1H3;;/q4*-1;;. The monoisotopic (exact) mass is 862 g/mol. The Morgan fingerprint density at radius 1 is 0.466 bits per heavy atom. The zero-order valence-corrected chi connectivity index (χ0v) is 42.6. The predicted octanol–water partition coefficient (Wildman–Crippen LogP) is 15.5. The van der Waals surface area contributed by atoms with Crippen LogP contribution in [-0.2, 0) is 45.0 Å². The van der Waals surface area contributed by atoms with E-state index >= 15 is 0 Å². The zero-order chi connectivity index (χ0) is 41.1. The van der Waals surface area contributed by atoms with E-state index in [0.717, 1.165) is 0 Å². The maximum absolute atomic E-state index is 3.61. The first-order chi connectivity index (χ1) is 26.1. The minimum atomic E-state index is 0. The zero-order valence-electron chi connectivity index (χ0n) is 39.2. The van der Waals surface area contributed by atoms with Crippen molar-refractivity contribution in [1.82, 2.24) is 0 Å². The minimum absolute atomic E-state index is 0. The molecule has 0 amide bonds. The fourth-order valence-corrected chi connectivity index (χ4v) is 9.40. The van der Waals surface area contributed by atoms with Crippen molar-refractivity contribution in [2.45, 2.75) is 169 Å². The molecule has 2 heteroatoms. The summed E-state index contributed by atoms with van der Waals surface area (Å²) in [6.45, 7) is 35.4. The molecule has 0 saturated heterocycles. The van der Waals surface area contributed by atoms with Crippen LogP contribution >= 0.6 is 0 Å². The fraction of sp³-hybridized carbons (Fsp3) is 0.464. The molecule has 0 bridgehead atoms. The summed E-state index contributed by atoms with van der Waals surface area (Å²) in [5, 5.41) is 0. The Morgan fingerprint density at radius 2 is 0.759 bits per heavy atom. The fourth-order valence-electron chi connectivity index (χ4n) is 9.40. The van der Waals surface area contributed by atoms with Crippen LogP contribution < -0.4 is 0 Å². The molecule has 2 radical (unpaired) electrons. The van der Waals surface area contributed by atoms with Crippen molar-refractivity contribution in [1.29, 1.82) is 0 Å². The van der Waals surface area contributed by atoms with E-state index in [0.29, 0.717) is 11.8 Å². The molecule has 2 aromatic carbocycles. The van der Waals surface area contributed by atoms with Crippen molar-refractivity contribution in [3.8, 4) is 0 Å². The first kappa shape index (κ1) is 48.1. The van der Waals surface area contributed by atoms with E-state index in [1.54, 1.807) is 22.3 Å². The van der Waals surface area contributed by atoms with E-state index in [4.69, 9.17) is 0 Å². The Hall–Kier alpha value is -2.54. The average Bonchev–Trinajstić information content (AvgIpc) is 3.91. The molecule has 2 aromatic rings. The Morgan fingerprint density at radius 3 is 1.03 bits per heavy atom. The maximum atomic E-state index is 3.61. The molecule has 6 aliphatic carbocycles. The van der Waals surface area contributed by atoms with Crippen LogP contribution in [0.4, 0.5) is 0 Å². The normalized spacial score (nSPS) is 20.8. The SMILES string of the molecule is CC1=[C-]C2=CC3=C(CCC3)C(c3cc(C(C)(C)C)cc(C(C)(C)C)c3)C2=C1.CC1=[C-]C2=CC3=C(CCC3)C(c3cc(C(C)(C)C)cc(C(C)(C)C)c3)C2=C1.[CH3-].[CH3-].[Si]=[Zr]. The predicted molar refractivity (Wildman–Crippen MR) is 251 cm³/mol. The summed E-state index contributed by atoms with van der Waals surface area (Å²) < 4.78 is 0. The van der Waals surface area contributed by atoms with Crippen molar-refractivity contribution in [3.05, 3.63) is 177 Å². The van der Waals surface area contributed by atoms with E-state index in [-0.39, 0.29) is 36.5 Å². The van der Waals surface area contributed by atoms with E-state index < -0.39 is 0 Å². The summed E-state index contributed by atoms with van der Waals surface area (Å²) in [5.41, 5.74) is 24.0. The third kappa shape index (κ3) is 9.97. The van der Waals surface area contributed by atoms with Crippen LogP contribution in [0, 0.1) is 27.0 Å². The Kier molecular flexibility index (Phi) is 14.8. The topological polar surface area (TPSA) is 0 Å². The molecule has 0 N–H and O–H groups in total. The van der Waals surface area contributed by atoms with Gasteiger partial charge in [-0.25, -0.2) is 0 Å². The number of hydrogen-bond acceptors (Lipinski definition) is 0. The van der Waals surface area contributed by atoms with Gasteiger partial charge in [-0.2, -0.15) is 34.4 Å². The molecule has 0 aliphatic heterocycles. The molecule has 0 fully saturated rings. The van der Waals surface area contributed by atoms with Gasteiger partial charge < -0.3 is 14.9 Å². The quantitative estimate of drug-likeness (QED) is 0.208. The molecule has 58 heavy (non-hydrogen) atoms. The molecule has 2 unspecified atom stereocenters. The van der Waals surface area contributed by atoms with Crippen molar-refractivity contribution in [2.75, 3.05) is 0 Å². The third-order valence-electron chi connectivity index (χ3n) is 12.6. The Bertz CT molecular complexity index is 1950. The molecule has 0 aromatic heterocycles. The van der Waals surface area contributed by atoms with Gasteiger partial charge >= 0.3 is 30.2 Å². The number of rotatable bonds is 2. The van der Waals surface area contributed by atoms with Gasteiger partial charge in [0.2, 0.25) is 0 Å². The molecule has 0 heterocycles. The summed E-state index contributed by atoms with van der Waals surface area (Å²) in [7, 11) is 0. The van der Waals surface area contributed by atoms with Gasteiger partial charge in [-0.3, -0.25) is 0 Å². The van der Waals surface area contributed by atoms with Crippen molar-refractivity contribution in [2.24, 2.45) is 0 Å². The summed E-state index contributed by atoms with van der Waals surface area (Å²) in [4.78, 5) is 0. The van der Waals surface area contributed by atoms with Crippen molar-refractivity contribution in [3.63, 3.8) is 0 Å². The molecule has 6 aliphatic rings. The van der Waals surface area contributed by atoms with Gasteiger partial charge in [0, 0.05) is 0 Å². The molecule has 308 valence electrons. The van der Waals surface area contributed by atoms with E-state index in [1.165, 1.54) is 129 Å². The van der Waals surface area contributed by atoms with Gasteiger partial charge in [-0.15, -0.1) is 35.5 Å². The first-order valence-electron chi connectivity index (χ1n) is 21.2. The molecular formula is C56H72SiZr-4. The van der Waals surface area contributed by atoms with Crippen LogP contribution in [0.15, 0.2) is 116 Å². The van der Waals surface area contributed by atoms with Crippen LogP contribution in [0.2, 0.25) is 0 Å². The third-order valence-corrected chi connectivity index (χ3v) is 12.6. The Balaban J connectivity index is 0.000000238. The van der Waals surface area contributed by atoms with Gasteiger partial charge in [0.05, 0.1) is 0 Å². The molecule has 8 rings (SSSR count). The van der Waals surface area contributed by atoms with Crippen LogP contribution in [-0.4, -0.2) is 6.88 Å². The van der Waals surface area contributed by atoms with Gasteiger partial charge in [0.1, 0.15) is 0 Å². The van der Waals surface area contributed by atoms with Gasteiger partial charge in [-0.1, -0.05) is 156 Å². The van der Waals surface area contributed by atoms with Gasteiger partial charge in [0.25, 0.3) is 0 Å². The second-order valence-electron chi connectivity index (χ2n) is 21.3. The molecule has 0 saturated carbocycles. The van der Waals surface area contributed by atoms with Crippen LogP contribution in [0.25, 0.3) is 0 Å². The first-order valence-corrected chi connectivity index (χ1v) is 25.4. The van der Waals surface area contributed by atoms with E-state index in [9.17, 15) is 0 Å². The molecule has 2 atom stereocenters. The van der Waals surface area contributed by atoms with Crippen LogP contribution in [0.3, 0.4) is 0 Å². The molecular weight excluding hydrogens is 792 g/mol. The second-order valence-corrected chi connectivity index (χ2v) is 21.3. The van der Waals surface area contributed by atoms with Gasteiger partial charge in [0.15, 0.2) is 0 Å². The summed E-state index contributed by atoms with van der Waals surface area (Å²) >= 11 is 1.36. The summed E-state index contributed by atoms with van der Waals surface area (Å²) in [5.74, 6) is 0.826. The van der Waals surface area contributed by atoms with Gasteiger partial charge in [-0.05, 0) is 105 Å². The second kappa shape index (κ2) is 17.8. The molecule has 0 spiro atoms. The van der Waals surface area contributed by atoms with E-state index in [1.807, 2.05) is 0 Å². The van der Waals surface area contributed by atoms with Crippen LogP contribution in [0.5, 0.6) is 0 Å². The average molecular weight is 865 g/mol. The number of allylic oxidation sites excluding steroid dienone is 16. The Labute approximate surface area is 373 Å². The number of hydrogen-bond donors (Lipinski definition) is 0. The van der Waals surface area contributed by atoms with Crippen LogP contribution in [0.1, 0.15) is 181 Å². The van der Waals surface area contributed by atoms with Crippen molar-refractivity contribution < 1.29 is 23.3 Å². The molecule has 0 nitrogen and oxygen atoms in total. The number of fused-ring (bicyclic) bond motifs is 2. The summed E-state index contributed by atoms with van der Waals surface area (Å²) in [6, 6.07) is 14.8. The van der Waals surface area contributed by atoms with E-state index in [2.05, 4.69) is 177 Å². The van der Waals surface area contributed by atoms with Crippen molar-refractivity contribution >= 4 is 6.88 Å². The number of benzene rings is 2.